The Morgan fingerprint density at radius 3 is 2.68 bits per heavy atom. The highest BCUT2D eigenvalue weighted by Gasteiger charge is 2.45. The van der Waals surface area contributed by atoms with Crippen molar-refractivity contribution in [1.29, 1.82) is 0 Å². The summed E-state index contributed by atoms with van der Waals surface area (Å²) < 4.78 is 6.36. The van der Waals surface area contributed by atoms with E-state index >= 15 is 0 Å². The van der Waals surface area contributed by atoms with Crippen LogP contribution in [-0.4, -0.2) is 12.7 Å². The van der Waals surface area contributed by atoms with Gasteiger partial charge in [-0.3, -0.25) is 0 Å². The third kappa shape index (κ3) is 2.31. The number of allylic oxidation sites excluding steroid dienone is 3. The Kier molecular flexibility index (Phi) is 3.59. The highest BCUT2D eigenvalue weighted by Crippen LogP contribution is 2.47. The summed E-state index contributed by atoms with van der Waals surface area (Å²) in [6.07, 6.45) is 9.26. The molecule has 0 aromatic carbocycles. The number of hydrogen-bond donors (Lipinski definition) is 0. The fourth-order valence-electron chi connectivity index (χ4n) is 4.71. The molecular weight excluding hydrogens is 232 g/mol. The van der Waals surface area contributed by atoms with E-state index in [2.05, 4.69) is 39.8 Å². The van der Waals surface area contributed by atoms with E-state index in [0.717, 1.165) is 24.4 Å². The third-order valence-electron chi connectivity index (χ3n) is 5.95. The summed E-state index contributed by atoms with van der Waals surface area (Å²) in [5, 5.41) is 0. The van der Waals surface area contributed by atoms with Crippen LogP contribution in [0.4, 0.5) is 0 Å². The second-order valence-corrected chi connectivity index (χ2v) is 7.20. The minimum atomic E-state index is 0.472. The minimum Gasteiger partial charge on any atom is -0.377 e. The quantitative estimate of drug-likeness (QED) is 0.626. The largest absolute Gasteiger partial charge is 0.377 e. The predicted octanol–water partition coefficient (Wildman–Crippen LogP) is 4.60. The fraction of sp³-hybridized carbons (Fsp3) is 0.778. The van der Waals surface area contributed by atoms with Gasteiger partial charge in [-0.2, -0.15) is 0 Å². The summed E-state index contributed by atoms with van der Waals surface area (Å²) in [6, 6.07) is 0. The van der Waals surface area contributed by atoms with E-state index in [-0.39, 0.29) is 0 Å². The Bertz CT molecular complexity index is 406. The molecule has 2 aliphatic carbocycles. The standard InChI is InChI=1S/C18H28O/c1-11-5-7-15(8-6-11)18-17-13(3)9-12(2)16(10-19-18)14(17)4/h5,9,12,14-18H,6-8,10H2,1-4H3/t12-,14+,15+,16-,17+,18-/m1/s1. The first-order valence-corrected chi connectivity index (χ1v) is 8.03. The number of fused-ring (bicyclic) bond motifs is 2. The molecule has 19 heavy (non-hydrogen) atoms. The fourth-order valence-corrected chi connectivity index (χ4v) is 4.71. The van der Waals surface area contributed by atoms with Gasteiger partial charge in [0.2, 0.25) is 0 Å². The van der Waals surface area contributed by atoms with E-state index in [1.54, 1.807) is 11.1 Å². The summed E-state index contributed by atoms with van der Waals surface area (Å²) >= 11 is 0. The first-order chi connectivity index (χ1) is 9.08. The summed E-state index contributed by atoms with van der Waals surface area (Å²) in [5.74, 6) is 3.65. The zero-order valence-electron chi connectivity index (χ0n) is 12.9. The molecule has 0 spiro atoms. The molecule has 1 nitrogen and oxygen atoms in total. The second kappa shape index (κ2) is 5.09. The second-order valence-electron chi connectivity index (χ2n) is 7.20. The molecule has 0 N–H and O–H groups in total. The minimum absolute atomic E-state index is 0.472. The monoisotopic (exact) mass is 260 g/mol. The zero-order valence-corrected chi connectivity index (χ0v) is 12.9. The lowest BCUT2D eigenvalue weighted by molar-refractivity contribution is -0.117. The molecule has 0 aromatic rings. The van der Waals surface area contributed by atoms with Crippen molar-refractivity contribution in [2.75, 3.05) is 6.61 Å². The van der Waals surface area contributed by atoms with Crippen molar-refractivity contribution in [2.24, 2.45) is 29.6 Å². The molecule has 1 saturated heterocycles. The van der Waals surface area contributed by atoms with Crippen molar-refractivity contribution in [1.82, 2.24) is 0 Å². The highest BCUT2D eigenvalue weighted by atomic mass is 16.5. The van der Waals surface area contributed by atoms with E-state index in [1.807, 2.05) is 0 Å². The SMILES string of the molecule is CC1=CC[C@H]([C@H]2OC[C@H]3[C@H](C)[C@@H]2C(C)=C[C@H]3C)CC1. The van der Waals surface area contributed by atoms with Crippen molar-refractivity contribution in [3.8, 4) is 0 Å². The molecule has 0 amide bonds. The van der Waals surface area contributed by atoms with Gasteiger partial charge in [-0.05, 0) is 56.8 Å². The van der Waals surface area contributed by atoms with E-state index in [0.29, 0.717) is 17.9 Å². The maximum atomic E-state index is 6.36. The number of ether oxygens (including phenoxy) is 1. The molecule has 3 aliphatic rings. The van der Waals surface area contributed by atoms with Gasteiger partial charge in [0.25, 0.3) is 0 Å². The van der Waals surface area contributed by atoms with Crippen LogP contribution in [-0.2, 0) is 4.74 Å². The van der Waals surface area contributed by atoms with Crippen molar-refractivity contribution in [2.45, 2.75) is 53.1 Å². The molecule has 0 radical (unpaired) electrons. The van der Waals surface area contributed by atoms with Crippen LogP contribution < -0.4 is 0 Å². The van der Waals surface area contributed by atoms with Crippen LogP contribution in [0.25, 0.3) is 0 Å². The molecule has 1 heterocycles. The van der Waals surface area contributed by atoms with Crippen LogP contribution >= 0.6 is 0 Å². The van der Waals surface area contributed by atoms with Gasteiger partial charge in [-0.15, -0.1) is 0 Å². The van der Waals surface area contributed by atoms with Crippen molar-refractivity contribution >= 4 is 0 Å². The van der Waals surface area contributed by atoms with Crippen LogP contribution in [0, 0.1) is 29.6 Å². The lowest BCUT2D eigenvalue weighted by Gasteiger charge is -2.50. The van der Waals surface area contributed by atoms with Gasteiger partial charge >= 0.3 is 0 Å². The lowest BCUT2D eigenvalue weighted by Crippen LogP contribution is -2.49. The molecule has 6 atom stereocenters. The molecule has 0 unspecified atom stereocenters. The van der Waals surface area contributed by atoms with Crippen LogP contribution in [0.1, 0.15) is 47.0 Å². The highest BCUT2D eigenvalue weighted by molar-refractivity contribution is 5.18. The molecule has 1 heteroatoms. The molecule has 0 saturated carbocycles. The summed E-state index contributed by atoms with van der Waals surface area (Å²) in [7, 11) is 0. The number of rotatable bonds is 1. The van der Waals surface area contributed by atoms with Gasteiger partial charge in [-0.25, -0.2) is 0 Å². The molecule has 2 bridgehead atoms. The average Bonchev–Trinajstić information content (AvgIpc) is 2.37. The normalized spacial score (nSPS) is 46.5. The Hall–Kier alpha value is -0.560. The third-order valence-corrected chi connectivity index (χ3v) is 5.95. The zero-order chi connectivity index (χ0) is 13.6. The first kappa shape index (κ1) is 13.4. The Morgan fingerprint density at radius 2 is 2.00 bits per heavy atom. The van der Waals surface area contributed by atoms with Crippen LogP contribution in [0.15, 0.2) is 23.3 Å². The van der Waals surface area contributed by atoms with Gasteiger partial charge in [0.1, 0.15) is 0 Å². The number of hydrogen-bond acceptors (Lipinski definition) is 1. The van der Waals surface area contributed by atoms with Crippen LogP contribution in [0.5, 0.6) is 0 Å². The van der Waals surface area contributed by atoms with Crippen molar-refractivity contribution in [3.05, 3.63) is 23.3 Å². The summed E-state index contributed by atoms with van der Waals surface area (Å²) in [6.45, 7) is 10.4. The van der Waals surface area contributed by atoms with Gasteiger partial charge in [-0.1, -0.05) is 37.1 Å². The first-order valence-electron chi connectivity index (χ1n) is 8.03. The van der Waals surface area contributed by atoms with Crippen molar-refractivity contribution < 1.29 is 4.74 Å². The van der Waals surface area contributed by atoms with Crippen molar-refractivity contribution in [3.63, 3.8) is 0 Å². The predicted molar refractivity (Wildman–Crippen MR) is 79.9 cm³/mol. The van der Waals surface area contributed by atoms with E-state index in [4.69, 9.17) is 4.74 Å². The summed E-state index contributed by atoms with van der Waals surface area (Å²) in [4.78, 5) is 0. The summed E-state index contributed by atoms with van der Waals surface area (Å²) in [5.41, 5.74) is 3.16. The topological polar surface area (TPSA) is 9.23 Å². The Morgan fingerprint density at radius 1 is 1.21 bits per heavy atom. The maximum Gasteiger partial charge on any atom is 0.0674 e. The van der Waals surface area contributed by atoms with E-state index in [1.165, 1.54) is 19.3 Å². The van der Waals surface area contributed by atoms with Crippen LogP contribution in [0.2, 0.25) is 0 Å². The average molecular weight is 260 g/mol. The molecular formula is C18H28O. The molecule has 3 rings (SSSR count). The lowest BCUT2D eigenvalue weighted by atomic mass is 9.63. The molecule has 1 aliphatic heterocycles. The van der Waals surface area contributed by atoms with Gasteiger partial charge in [0.15, 0.2) is 0 Å². The smallest absolute Gasteiger partial charge is 0.0674 e. The molecule has 0 aromatic heterocycles. The molecule has 1 fully saturated rings. The Labute approximate surface area is 118 Å². The van der Waals surface area contributed by atoms with Crippen LogP contribution in [0.3, 0.4) is 0 Å². The molecule has 106 valence electrons. The Balaban J connectivity index is 1.82. The van der Waals surface area contributed by atoms with E-state index in [9.17, 15) is 0 Å². The maximum absolute atomic E-state index is 6.36. The van der Waals surface area contributed by atoms with Gasteiger partial charge in [0.05, 0.1) is 12.7 Å². The van der Waals surface area contributed by atoms with Gasteiger partial charge in [0, 0.05) is 5.92 Å². The van der Waals surface area contributed by atoms with E-state index < -0.39 is 0 Å². The van der Waals surface area contributed by atoms with Gasteiger partial charge < -0.3 is 4.74 Å².